The molecule has 2 aromatic carbocycles. The molecule has 0 radical (unpaired) electrons. The molecular formula is C17H15ClN2O. The van der Waals surface area contributed by atoms with Gasteiger partial charge in [-0.1, -0.05) is 23.7 Å². The highest BCUT2D eigenvalue weighted by Gasteiger charge is 2.10. The number of nitrogens with one attached hydrogen (secondary N) is 2. The van der Waals surface area contributed by atoms with E-state index in [-0.39, 0.29) is 5.91 Å². The predicted molar refractivity (Wildman–Crippen MR) is 87.8 cm³/mol. The Morgan fingerprint density at radius 3 is 2.81 bits per heavy atom. The third kappa shape index (κ3) is 3.44. The van der Waals surface area contributed by atoms with Crippen molar-refractivity contribution in [1.82, 2.24) is 0 Å². The van der Waals surface area contributed by atoms with Gasteiger partial charge in [0.05, 0.1) is 0 Å². The van der Waals surface area contributed by atoms with Crippen LogP contribution < -0.4 is 10.6 Å². The van der Waals surface area contributed by atoms with Gasteiger partial charge in [-0.3, -0.25) is 4.79 Å². The second kappa shape index (κ2) is 6.02. The van der Waals surface area contributed by atoms with E-state index in [2.05, 4.69) is 10.6 Å². The van der Waals surface area contributed by atoms with Gasteiger partial charge in [0.1, 0.15) is 0 Å². The van der Waals surface area contributed by atoms with E-state index in [1.54, 1.807) is 18.2 Å². The SMILES string of the molecule is O=C(C=Cc1ccc(Cl)cc1)Nc1ccc2c(c1)CCN2. The van der Waals surface area contributed by atoms with Crippen LogP contribution in [0.2, 0.25) is 5.02 Å². The topological polar surface area (TPSA) is 41.1 Å². The molecule has 0 unspecified atom stereocenters. The largest absolute Gasteiger partial charge is 0.384 e. The Balaban J connectivity index is 1.65. The number of hydrogen-bond donors (Lipinski definition) is 2. The smallest absolute Gasteiger partial charge is 0.248 e. The Morgan fingerprint density at radius 2 is 2.00 bits per heavy atom. The minimum absolute atomic E-state index is 0.143. The van der Waals surface area contributed by atoms with Crippen LogP contribution in [-0.4, -0.2) is 12.5 Å². The minimum Gasteiger partial charge on any atom is -0.384 e. The average Bonchev–Trinajstić information content (AvgIpc) is 2.94. The summed E-state index contributed by atoms with van der Waals surface area (Å²) in [5, 5.41) is 6.85. The quantitative estimate of drug-likeness (QED) is 0.842. The van der Waals surface area contributed by atoms with Gasteiger partial charge in [0.25, 0.3) is 0 Å². The van der Waals surface area contributed by atoms with Gasteiger partial charge in [0.15, 0.2) is 0 Å². The van der Waals surface area contributed by atoms with E-state index in [0.717, 1.165) is 29.9 Å². The minimum atomic E-state index is -0.143. The summed E-state index contributed by atoms with van der Waals surface area (Å²) in [6, 6.07) is 13.3. The molecule has 0 atom stereocenters. The van der Waals surface area contributed by atoms with Gasteiger partial charge in [0.2, 0.25) is 5.91 Å². The van der Waals surface area contributed by atoms with Crippen LogP contribution in [0.3, 0.4) is 0 Å². The number of amides is 1. The second-order valence-corrected chi connectivity index (χ2v) is 5.36. The van der Waals surface area contributed by atoms with Crippen molar-refractivity contribution in [3.63, 3.8) is 0 Å². The molecule has 2 aromatic rings. The Bertz CT molecular complexity index is 692. The molecule has 0 saturated carbocycles. The Morgan fingerprint density at radius 1 is 1.19 bits per heavy atom. The number of carbonyl (C=O) groups is 1. The van der Waals surface area contributed by atoms with Crippen LogP contribution in [0.5, 0.6) is 0 Å². The lowest BCUT2D eigenvalue weighted by Gasteiger charge is -2.05. The van der Waals surface area contributed by atoms with Crippen LogP contribution in [0.1, 0.15) is 11.1 Å². The van der Waals surface area contributed by atoms with Crippen molar-refractivity contribution in [2.75, 3.05) is 17.2 Å². The summed E-state index contributed by atoms with van der Waals surface area (Å²) in [7, 11) is 0. The number of anilines is 2. The molecule has 21 heavy (non-hydrogen) atoms. The van der Waals surface area contributed by atoms with Crippen molar-refractivity contribution >= 4 is 35.0 Å². The fraction of sp³-hybridized carbons (Fsp3) is 0.118. The van der Waals surface area contributed by atoms with Crippen molar-refractivity contribution < 1.29 is 4.79 Å². The first-order chi connectivity index (χ1) is 10.2. The van der Waals surface area contributed by atoms with Crippen LogP contribution in [0.25, 0.3) is 6.08 Å². The molecule has 1 heterocycles. The number of carbonyl (C=O) groups excluding carboxylic acids is 1. The van der Waals surface area contributed by atoms with Gasteiger partial charge < -0.3 is 10.6 Å². The molecule has 0 aliphatic carbocycles. The Kier molecular flexibility index (Phi) is 3.93. The molecule has 106 valence electrons. The molecule has 0 spiro atoms. The summed E-state index contributed by atoms with van der Waals surface area (Å²) in [4.78, 5) is 11.9. The zero-order chi connectivity index (χ0) is 14.7. The molecule has 1 amide bonds. The highest BCUT2D eigenvalue weighted by molar-refractivity contribution is 6.30. The third-order valence-electron chi connectivity index (χ3n) is 3.38. The van der Waals surface area contributed by atoms with E-state index in [9.17, 15) is 4.79 Å². The maximum atomic E-state index is 11.9. The highest BCUT2D eigenvalue weighted by Crippen LogP contribution is 2.25. The highest BCUT2D eigenvalue weighted by atomic mass is 35.5. The molecule has 3 rings (SSSR count). The van der Waals surface area contributed by atoms with Gasteiger partial charge in [0, 0.05) is 29.0 Å². The second-order valence-electron chi connectivity index (χ2n) is 4.92. The lowest BCUT2D eigenvalue weighted by atomic mass is 10.1. The molecule has 0 bridgehead atoms. The normalized spacial score (nSPS) is 13.0. The standard InChI is InChI=1S/C17H15ClN2O/c18-14-4-1-12(2-5-14)3-8-17(21)20-15-6-7-16-13(11-15)9-10-19-16/h1-8,11,19H,9-10H2,(H,20,21). The zero-order valence-corrected chi connectivity index (χ0v) is 12.2. The van der Waals surface area contributed by atoms with Gasteiger partial charge in [-0.05, 0) is 54.0 Å². The summed E-state index contributed by atoms with van der Waals surface area (Å²) < 4.78 is 0. The fourth-order valence-corrected chi connectivity index (χ4v) is 2.44. The van der Waals surface area contributed by atoms with E-state index >= 15 is 0 Å². The van der Waals surface area contributed by atoms with Crippen molar-refractivity contribution in [3.8, 4) is 0 Å². The number of halogens is 1. The lowest BCUT2D eigenvalue weighted by Crippen LogP contribution is -2.07. The summed E-state index contributed by atoms with van der Waals surface area (Å²) in [6.07, 6.45) is 4.29. The molecule has 1 aliphatic rings. The van der Waals surface area contributed by atoms with Gasteiger partial charge in [-0.2, -0.15) is 0 Å². The zero-order valence-electron chi connectivity index (χ0n) is 11.4. The molecule has 0 saturated heterocycles. The van der Waals surface area contributed by atoms with Crippen molar-refractivity contribution in [3.05, 3.63) is 64.7 Å². The molecule has 3 nitrogen and oxygen atoms in total. The predicted octanol–water partition coefficient (Wildman–Crippen LogP) is 3.96. The van der Waals surface area contributed by atoms with E-state index in [0.29, 0.717) is 5.02 Å². The summed E-state index contributed by atoms with van der Waals surface area (Å²) in [6.45, 7) is 0.962. The number of hydrogen-bond acceptors (Lipinski definition) is 2. The molecular weight excluding hydrogens is 284 g/mol. The molecule has 0 aromatic heterocycles. The van der Waals surface area contributed by atoms with Crippen molar-refractivity contribution in [2.24, 2.45) is 0 Å². The van der Waals surface area contributed by atoms with Gasteiger partial charge >= 0.3 is 0 Å². The van der Waals surface area contributed by atoms with Gasteiger partial charge in [-0.15, -0.1) is 0 Å². The molecule has 4 heteroatoms. The molecule has 0 fully saturated rings. The first-order valence-corrected chi connectivity index (χ1v) is 7.20. The van der Waals surface area contributed by atoms with E-state index in [1.165, 1.54) is 11.6 Å². The maximum Gasteiger partial charge on any atom is 0.248 e. The van der Waals surface area contributed by atoms with Crippen LogP contribution in [0.4, 0.5) is 11.4 Å². The van der Waals surface area contributed by atoms with Crippen molar-refractivity contribution in [2.45, 2.75) is 6.42 Å². The number of benzene rings is 2. The summed E-state index contributed by atoms with van der Waals surface area (Å²) in [5.41, 5.74) is 4.16. The van der Waals surface area contributed by atoms with Crippen LogP contribution in [-0.2, 0) is 11.2 Å². The van der Waals surface area contributed by atoms with Crippen LogP contribution in [0, 0.1) is 0 Å². The Labute approximate surface area is 128 Å². The van der Waals surface area contributed by atoms with Crippen LogP contribution in [0.15, 0.2) is 48.5 Å². The van der Waals surface area contributed by atoms with Crippen LogP contribution >= 0.6 is 11.6 Å². The average molecular weight is 299 g/mol. The van der Waals surface area contributed by atoms with Crippen molar-refractivity contribution in [1.29, 1.82) is 0 Å². The van der Waals surface area contributed by atoms with E-state index in [4.69, 9.17) is 11.6 Å². The first kappa shape index (κ1) is 13.7. The molecule has 2 N–H and O–H groups in total. The Hall–Kier alpha value is -2.26. The number of fused-ring (bicyclic) bond motifs is 1. The maximum absolute atomic E-state index is 11.9. The first-order valence-electron chi connectivity index (χ1n) is 6.82. The lowest BCUT2D eigenvalue weighted by molar-refractivity contribution is -0.111. The van der Waals surface area contributed by atoms with E-state index < -0.39 is 0 Å². The van der Waals surface area contributed by atoms with Gasteiger partial charge in [-0.25, -0.2) is 0 Å². The fourth-order valence-electron chi connectivity index (χ4n) is 2.31. The molecule has 1 aliphatic heterocycles. The summed E-state index contributed by atoms with van der Waals surface area (Å²) >= 11 is 5.82. The van der Waals surface area contributed by atoms with E-state index in [1.807, 2.05) is 30.3 Å². The number of rotatable bonds is 3. The third-order valence-corrected chi connectivity index (χ3v) is 3.63. The summed E-state index contributed by atoms with van der Waals surface area (Å²) in [5.74, 6) is -0.143. The monoisotopic (exact) mass is 298 g/mol.